The minimum absolute atomic E-state index is 0.794. The Bertz CT molecular complexity index is 211. The van der Waals surface area contributed by atoms with Gasteiger partial charge >= 0.3 is 0 Å². The lowest BCUT2D eigenvalue weighted by Crippen LogP contribution is -2.39. The van der Waals surface area contributed by atoms with Crippen LogP contribution in [0, 0.1) is 5.41 Å². The molecule has 0 aromatic carbocycles. The van der Waals surface area contributed by atoms with Gasteiger partial charge in [0.2, 0.25) is 0 Å². The Labute approximate surface area is 107 Å². The maximum atomic E-state index is 3.24. The summed E-state index contributed by atoms with van der Waals surface area (Å²) in [7, 11) is 4.37. The van der Waals surface area contributed by atoms with E-state index in [4.69, 9.17) is 0 Å². The number of nitrogens with zero attached hydrogens (tertiary/aromatic N) is 1. The van der Waals surface area contributed by atoms with E-state index < -0.39 is 0 Å². The molecule has 2 aliphatic rings. The van der Waals surface area contributed by atoms with Crippen LogP contribution in [0.2, 0.25) is 0 Å². The summed E-state index contributed by atoms with van der Waals surface area (Å²) in [5.74, 6) is 0. The van der Waals surface area contributed by atoms with Crippen LogP contribution in [0.25, 0.3) is 0 Å². The average molecular weight is 238 g/mol. The van der Waals surface area contributed by atoms with Crippen molar-refractivity contribution in [2.24, 2.45) is 5.41 Å². The topological polar surface area (TPSA) is 15.3 Å². The Kier molecular flexibility index (Phi) is 4.87. The van der Waals surface area contributed by atoms with Crippen molar-refractivity contribution in [2.45, 2.75) is 63.8 Å². The summed E-state index contributed by atoms with van der Waals surface area (Å²) < 4.78 is 0. The van der Waals surface area contributed by atoms with Gasteiger partial charge in [-0.05, 0) is 77.5 Å². The highest BCUT2D eigenvalue weighted by Crippen LogP contribution is 2.49. The predicted octanol–water partition coefficient (Wildman–Crippen LogP) is 3.03. The van der Waals surface area contributed by atoms with E-state index in [1.807, 2.05) is 7.05 Å². The Balaban J connectivity index is 1.70. The molecule has 2 aliphatic carbocycles. The van der Waals surface area contributed by atoms with Crippen molar-refractivity contribution in [3.8, 4) is 0 Å². The zero-order valence-corrected chi connectivity index (χ0v) is 11.8. The largest absolute Gasteiger partial charge is 0.320 e. The first-order valence-electron chi connectivity index (χ1n) is 7.61. The molecule has 100 valence electrons. The highest BCUT2D eigenvalue weighted by Gasteiger charge is 2.38. The summed E-state index contributed by atoms with van der Waals surface area (Å²) in [6.07, 6.45) is 13.3. The third-order valence-corrected chi connectivity index (χ3v) is 5.24. The molecule has 0 saturated heterocycles. The van der Waals surface area contributed by atoms with E-state index in [1.54, 1.807) is 0 Å². The molecule has 2 saturated carbocycles. The van der Waals surface area contributed by atoms with Gasteiger partial charge in [-0.3, -0.25) is 0 Å². The molecule has 0 bridgehead atoms. The van der Waals surface area contributed by atoms with Gasteiger partial charge < -0.3 is 10.2 Å². The molecule has 2 rings (SSSR count). The Morgan fingerprint density at radius 1 is 1.12 bits per heavy atom. The van der Waals surface area contributed by atoms with Crippen LogP contribution in [0.1, 0.15) is 57.8 Å². The van der Waals surface area contributed by atoms with Gasteiger partial charge in [0.15, 0.2) is 0 Å². The zero-order valence-electron chi connectivity index (χ0n) is 11.8. The third kappa shape index (κ3) is 3.45. The fourth-order valence-corrected chi connectivity index (χ4v) is 3.97. The van der Waals surface area contributed by atoms with Crippen LogP contribution in [-0.2, 0) is 0 Å². The molecule has 17 heavy (non-hydrogen) atoms. The van der Waals surface area contributed by atoms with Crippen molar-refractivity contribution in [3.63, 3.8) is 0 Å². The molecule has 0 aromatic rings. The van der Waals surface area contributed by atoms with Crippen molar-refractivity contribution in [2.75, 3.05) is 27.2 Å². The summed E-state index contributed by atoms with van der Waals surface area (Å²) in [5, 5.41) is 3.24. The van der Waals surface area contributed by atoms with Crippen LogP contribution in [-0.4, -0.2) is 38.1 Å². The van der Waals surface area contributed by atoms with Crippen LogP contribution >= 0.6 is 0 Å². The molecule has 0 heterocycles. The quantitative estimate of drug-likeness (QED) is 0.741. The number of hydrogen-bond acceptors (Lipinski definition) is 2. The number of nitrogens with one attached hydrogen (secondary N) is 1. The van der Waals surface area contributed by atoms with Crippen LogP contribution in [0.4, 0.5) is 0 Å². The monoisotopic (exact) mass is 238 g/mol. The van der Waals surface area contributed by atoms with Crippen LogP contribution in [0.3, 0.4) is 0 Å². The minimum Gasteiger partial charge on any atom is -0.320 e. The van der Waals surface area contributed by atoms with E-state index >= 15 is 0 Å². The van der Waals surface area contributed by atoms with Crippen molar-refractivity contribution in [1.82, 2.24) is 10.2 Å². The van der Waals surface area contributed by atoms with Gasteiger partial charge in [0.05, 0.1) is 0 Å². The molecule has 0 aliphatic heterocycles. The van der Waals surface area contributed by atoms with Crippen molar-refractivity contribution in [3.05, 3.63) is 0 Å². The minimum atomic E-state index is 0.794. The van der Waals surface area contributed by atoms with E-state index in [2.05, 4.69) is 17.3 Å². The zero-order chi connectivity index (χ0) is 12.1. The average Bonchev–Trinajstić information content (AvgIpc) is 2.79. The number of hydrogen-bond donors (Lipinski definition) is 1. The van der Waals surface area contributed by atoms with E-state index in [9.17, 15) is 0 Å². The maximum absolute atomic E-state index is 3.24. The molecule has 2 heteroatoms. The van der Waals surface area contributed by atoms with Gasteiger partial charge in [0, 0.05) is 6.04 Å². The first kappa shape index (κ1) is 13.4. The first-order valence-corrected chi connectivity index (χ1v) is 7.61. The van der Waals surface area contributed by atoms with E-state index in [-0.39, 0.29) is 0 Å². The Hall–Kier alpha value is -0.0800. The van der Waals surface area contributed by atoms with Crippen LogP contribution in [0.5, 0.6) is 0 Å². The van der Waals surface area contributed by atoms with Crippen molar-refractivity contribution >= 4 is 0 Å². The van der Waals surface area contributed by atoms with Crippen LogP contribution < -0.4 is 5.32 Å². The standard InChI is InChI=1S/C15H30N2/c1-16-12-5-13-17(2)14-6-10-15(11-7-14)8-3-4-9-15/h14,16H,3-13H2,1-2H3. The van der Waals surface area contributed by atoms with Gasteiger partial charge in [-0.1, -0.05) is 12.8 Å². The molecule has 1 spiro atoms. The summed E-state index contributed by atoms with van der Waals surface area (Å²) in [6.45, 7) is 2.42. The smallest absolute Gasteiger partial charge is 0.00926 e. The fraction of sp³-hybridized carbons (Fsp3) is 1.00. The normalized spacial score (nSPS) is 24.9. The lowest BCUT2D eigenvalue weighted by atomic mass is 9.71. The lowest BCUT2D eigenvalue weighted by molar-refractivity contribution is 0.107. The fourth-order valence-electron chi connectivity index (χ4n) is 3.97. The highest BCUT2D eigenvalue weighted by atomic mass is 15.1. The molecular weight excluding hydrogens is 208 g/mol. The summed E-state index contributed by atoms with van der Waals surface area (Å²) in [5.41, 5.74) is 0.794. The molecule has 2 nitrogen and oxygen atoms in total. The maximum Gasteiger partial charge on any atom is 0.00926 e. The van der Waals surface area contributed by atoms with E-state index in [1.165, 1.54) is 64.3 Å². The van der Waals surface area contributed by atoms with Gasteiger partial charge in [0.1, 0.15) is 0 Å². The third-order valence-electron chi connectivity index (χ3n) is 5.24. The Morgan fingerprint density at radius 2 is 1.76 bits per heavy atom. The number of rotatable bonds is 5. The molecule has 0 radical (unpaired) electrons. The first-order chi connectivity index (χ1) is 8.26. The Morgan fingerprint density at radius 3 is 2.35 bits per heavy atom. The molecule has 0 amide bonds. The molecule has 2 fully saturated rings. The summed E-state index contributed by atoms with van der Waals surface area (Å²) >= 11 is 0. The summed E-state index contributed by atoms with van der Waals surface area (Å²) in [6, 6.07) is 0.873. The van der Waals surface area contributed by atoms with Crippen molar-refractivity contribution in [1.29, 1.82) is 0 Å². The molecule has 0 atom stereocenters. The second-order valence-electron chi connectivity index (χ2n) is 6.38. The SMILES string of the molecule is CNCCCN(C)C1CCC2(CCCC2)CC1. The van der Waals surface area contributed by atoms with Gasteiger partial charge in [-0.25, -0.2) is 0 Å². The predicted molar refractivity (Wildman–Crippen MR) is 74.3 cm³/mol. The second-order valence-corrected chi connectivity index (χ2v) is 6.38. The van der Waals surface area contributed by atoms with Gasteiger partial charge in [-0.15, -0.1) is 0 Å². The van der Waals surface area contributed by atoms with Crippen molar-refractivity contribution < 1.29 is 0 Å². The van der Waals surface area contributed by atoms with E-state index in [0.29, 0.717) is 0 Å². The summed E-state index contributed by atoms with van der Waals surface area (Å²) in [4.78, 5) is 2.61. The van der Waals surface area contributed by atoms with E-state index in [0.717, 1.165) is 18.0 Å². The second kappa shape index (κ2) is 6.19. The van der Waals surface area contributed by atoms with Gasteiger partial charge in [-0.2, -0.15) is 0 Å². The van der Waals surface area contributed by atoms with Gasteiger partial charge in [0.25, 0.3) is 0 Å². The lowest BCUT2D eigenvalue weighted by Gasteiger charge is -2.40. The molecule has 0 aromatic heterocycles. The van der Waals surface area contributed by atoms with Crippen LogP contribution in [0.15, 0.2) is 0 Å². The molecule has 0 unspecified atom stereocenters. The molecular formula is C15H30N2. The molecule has 1 N–H and O–H groups in total. The highest BCUT2D eigenvalue weighted by molar-refractivity contribution is 4.91.